The molecule has 0 atom stereocenters. The standard InChI is InChI=1S/C24H42O4/c1-4-23(25)27-20-18-16-14-12-10-8-6-5-7-9-11-13-15-17-19-21-28-24(26)22(2)3/h4H,1-2,5-21H2,3H3. The molecule has 0 aliphatic heterocycles. The summed E-state index contributed by atoms with van der Waals surface area (Å²) in [5, 5.41) is 0. The number of hydrogen-bond donors (Lipinski definition) is 0. The van der Waals surface area contributed by atoms with Gasteiger partial charge in [-0.1, -0.05) is 96.6 Å². The Labute approximate surface area is 172 Å². The van der Waals surface area contributed by atoms with Crippen LogP contribution >= 0.6 is 0 Å². The van der Waals surface area contributed by atoms with E-state index < -0.39 is 0 Å². The van der Waals surface area contributed by atoms with Gasteiger partial charge in [-0.05, 0) is 19.8 Å². The number of hydrogen-bond acceptors (Lipinski definition) is 4. The van der Waals surface area contributed by atoms with E-state index in [1.807, 2.05) is 0 Å². The molecule has 0 aromatic carbocycles. The molecule has 0 unspecified atom stereocenters. The second-order valence-electron chi connectivity index (χ2n) is 7.59. The van der Waals surface area contributed by atoms with Crippen molar-refractivity contribution in [3.05, 3.63) is 24.8 Å². The molecule has 0 aromatic rings. The monoisotopic (exact) mass is 394 g/mol. The number of carbonyl (C=O) groups is 2. The molecule has 0 fully saturated rings. The van der Waals surface area contributed by atoms with Gasteiger partial charge in [-0.15, -0.1) is 0 Å². The number of rotatable bonds is 20. The van der Waals surface area contributed by atoms with E-state index in [-0.39, 0.29) is 11.9 Å². The van der Waals surface area contributed by atoms with Gasteiger partial charge in [0.2, 0.25) is 0 Å². The Morgan fingerprint density at radius 2 is 0.964 bits per heavy atom. The Hall–Kier alpha value is -1.58. The fraction of sp³-hybridized carbons (Fsp3) is 0.750. The molecule has 0 bridgehead atoms. The van der Waals surface area contributed by atoms with Gasteiger partial charge >= 0.3 is 11.9 Å². The van der Waals surface area contributed by atoms with Crippen molar-refractivity contribution in [2.45, 2.75) is 103 Å². The zero-order valence-electron chi connectivity index (χ0n) is 18.1. The first kappa shape index (κ1) is 26.4. The van der Waals surface area contributed by atoms with Crippen LogP contribution in [0.3, 0.4) is 0 Å². The topological polar surface area (TPSA) is 52.6 Å². The molecule has 0 aromatic heterocycles. The third-order valence-corrected chi connectivity index (χ3v) is 4.78. The van der Waals surface area contributed by atoms with Crippen LogP contribution in [0.2, 0.25) is 0 Å². The van der Waals surface area contributed by atoms with Crippen LogP contribution in [0.15, 0.2) is 24.8 Å². The van der Waals surface area contributed by atoms with Crippen LogP contribution in [0.5, 0.6) is 0 Å². The van der Waals surface area contributed by atoms with Crippen LogP contribution in [-0.4, -0.2) is 25.2 Å². The second-order valence-corrected chi connectivity index (χ2v) is 7.59. The average molecular weight is 395 g/mol. The van der Waals surface area contributed by atoms with Crippen molar-refractivity contribution in [3.8, 4) is 0 Å². The van der Waals surface area contributed by atoms with E-state index in [0.717, 1.165) is 25.7 Å². The maximum atomic E-state index is 11.2. The van der Waals surface area contributed by atoms with Crippen LogP contribution in [0.25, 0.3) is 0 Å². The summed E-state index contributed by atoms with van der Waals surface area (Å²) in [6.45, 7) is 9.67. The van der Waals surface area contributed by atoms with Gasteiger partial charge in [0.05, 0.1) is 13.2 Å². The quantitative estimate of drug-likeness (QED) is 0.131. The maximum absolute atomic E-state index is 11.2. The summed E-state index contributed by atoms with van der Waals surface area (Å²) in [6, 6.07) is 0. The first-order valence-corrected chi connectivity index (χ1v) is 11.2. The zero-order chi connectivity index (χ0) is 20.9. The summed E-state index contributed by atoms with van der Waals surface area (Å²) >= 11 is 0. The van der Waals surface area contributed by atoms with Crippen molar-refractivity contribution in [2.75, 3.05) is 13.2 Å². The maximum Gasteiger partial charge on any atom is 0.333 e. The molecular weight excluding hydrogens is 352 g/mol. The van der Waals surface area contributed by atoms with E-state index in [4.69, 9.17) is 9.47 Å². The number of unbranched alkanes of at least 4 members (excludes halogenated alkanes) is 14. The lowest BCUT2D eigenvalue weighted by atomic mass is 10.0. The number of carbonyl (C=O) groups excluding carboxylic acids is 2. The van der Waals surface area contributed by atoms with Crippen molar-refractivity contribution in [1.82, 2.24) is 0 Å². The summed E-state index contributed by atoms with van der Waals surface area (Å²) in [5.41, 5.74) is 0.476. The number of ether oxygens (including phenoxy) is 2. The first-order valence-electron chi connectivity index (χ1n) is 11.2. The van der Waals surface area contributed by atoms with Gasteiger partial charge in [-0.2, -0.15) is 0 Å². The van der Waals surface area contributed by atoms with Crippen molar-refractivity contribution in [3.63, 3.8) is 0 Å². The highest BCUT2D eigenvalue weighted by atomic mass is 16.5. The van der Waals surface area contributed by atoms with Crippen molar-refractivity contribution in [2.24, 2.45) is 0 Å². The minimum atomic E-state index is -0.318. The molecule has 4 heteroatoms. The molecule has 0 N–H and O–H groups in total. The van der Waals surface area contributed by atoms with Crippen molar-refractivity contribution < 1.29 is 19.1 Å². The Balaban J connectivity index is 3.10. The van der Waals surface area contributed by atoms with E-state index in [2.05, 4.69) is 13.2 Å². The fourth-order valence-electron chi connectivity index (χ4n) is 3.02. The highest BCUT2D eigenvalue weighted by Gasteiger charge is 2.01. The van der Waals surface area contributed by atoms with Gasteiger partial charge in [-0.3, -0.25) is 0 Å². The van der Waals surface area contributed by atoms with E-state index in [1.54, 1.807) is 6.92 Å². The molecule has 0 aliphatic rings. The lowest BCUT2D eigenvalue weighted by molar-refractivity contribution is -0.139. The summed E-state index contributed by atoms with van der Waals surface area (Å²) in [5.74, 6) is -0.590. The molecule has 0 radical (unpaired) electrons. The van der Waals surface area contributed by atoms with Gasteiger partial charge in [-0.25, -0.2) is 9.59 Å². The number of esters is 2. The minimum absolute atomic E-state index is 0.272. The molecule has 0 aliphatic carbocycles. The molecule has 0 amide bonds. The van der Waals surface area contributed by atoms with Crippen LogP contribution in [0.4, 0.5) is 0 Å². The molecule has 0 rings (SSSR count). The Morgan fingerprint density at radius 1 is 0.643 bits per heavy atom. The van der Waals surface area contributed by atoms with E-state index in [0.29, 0.717) is 18.8 Å². The average Bonchev–Trinajstić information content (AvgIpc) is 2.69. The third kappa shape index (κ3) is 19.2. The largest absolute Gasteiger partial charge is 0.463 e. The summed E-state index contributed by atoms with van der Waals surface area (Å²) in [4.78, 5) is 22.1. The van der Waals surface area contributed by atoms with E-state index in [9.17, 15) is 9.59 Å². The molecule has 0 saturated heterocycles. The van der Waals surface area contributed by atoms with E-state index in [1.165, 1.54) is 76.7 Å². The lowest BCUT2D eigenvalue weighted by Gasteiger charge is -2.05. The lowest BCUT2D eigenvalue weighted by Crippen LogP contribution is -2.05. The Morgan fingerprint density at radius 3 is 1.29 bits per heavy atom. The second kappa shape index (κ2) is 20.2. The Bertz CT molecular complexity index is 428. The SMILES string of the molecule is C=CC(=O)OCCCCCCCCCCCCCCCCCOC(=O)C(=C)C. The van der Waals surface area contributed by atoms with Crippen molar-refractivity contribution >= 4 is 11.9 Å². The van der Waals surface area contributed by atoms with Gasteiger partial charge in [0.1, 0.15) is 0 Å². The summed E-state index contributed by atoms with van der Waals surface area (Å²) in [6.07, 6.45) is 19.8. The minimum Gasteiger partial charge on any atom is -0.463 e. The molecule has 0 heterocycles. The molecule has 0 saturated carbocycles. The molecule has 28 heavy (non-hydrogen) atoms. The highest BCUT2D eigenvalue weighted by Crippen LogP contribution is 2.13. The molecular formula is C24H42O4. The van der Waals surface area contributed by atoms with Gasteiger partial charge in [0.15, 0.2) is 0 Å². The fourth-order valence-corrected chi connectivity index (χ4v) is 3.02. The predicted octanol–water partition coefficient (Wildman–Crippen LogP) is 6.69. The summed E-state index contributed by atoms with van der Waals surface area (Å²) < 4.78 is 10.0. The van der Waals surface area contributed by atoms with Gasteiger partial charge < -0.3 is 9.47 Å². The zero-order valence-corrected chi connectivity index (χ0v) is 18.1. The normalized spacial score (nSPS) is 10.5. The highest BCUT2D eigenvalue weighted by molar-refractivity contribution is 5.86. The van der Waals surface area contributed by atoms with Gasteiger partial charge in [0.25, 0.3) is 0 Å². The first-order chi connectivity index (χ1) is 13.6. The van der Waals surface area contributed by atoms with Crippen molar-refractivity contribution in [1.29, 1.82) is 0 Å². The summed E-state index contributed by atoms with van der Waals surface area (Å²) in [7, 11) is 0. The van der Waals surface area contributed by atoms with Crippen LogP contribution < -0.4 is 0 Å². The molecule has 162 valence electrons. The smallest absolute Gasteiger partial charge is 0.333 e. The molecule has 0 spiro atoms. The third-order valence-electron chi connectivity index (χ3n) is 4.78. The molecule has 4 nitrogen and oxygen atoms in total. The van der Waals surface area contributed by atoms with Crippen LogP contribution in [-0.2, 0) is 19.1 Å². The van der Waals surface area contributed by atoms with Crippen LogP contribution in [0.1, 0.15) is 103 Å². The van der Waals surface area contributed by atoms with E-state index >= 15 is 0 Å². The predicted molar refractivity (Wildman–Crippen MR) is 116 cm³/mol. The Kier molecular flexibility index (Phi) is 19.0. The van der Waals surface area contributed by atoms with Gasteiger partial charge in [0, 0.05) is 11.6 Å². The van der Waals surface area contributed by atoms with Crippen LogP contribution in [0, 0.1) is 0 Å².